The molecule has 0 bridgehead atoms. The quantitative estimate of drug-likeness (QED) is 0.813. The lowest BCUT2D eigenvalue weighted by Crippen LogP contribution is -2.46. The number of nitrogens with one attached hydrogen (secondary N) is 1. The van der Waals surface area contributed by atoms with E-state index >= 15 is 0 Å². The molecule has 0 saturated carbocycles. The topological polar surface area (TPSA) is 73.6 Å². The van der Waals surface area contributed by atoms with Crippen LogP contribution in [-0.2, 0) is 16.6 Å². The Bertz CT molecular complexity index is 750. The van der Waals surface area contributed by atoms with Crippen LogP contribution in [0.1, 0.15) is 25.0 Å². The van der Waals surface area contributed by atoms with Crippen molar-refractivity contribution in [3.05, 3.63) is 59.7 Å². The van der Waals surface area contributed by atoms with E-state index in [9.17, 15) is 4.79 Å². The molecular weight excluding hydrogens is 352 g/mol. The van der Waals surface area contributed by atoms with Crippen molar-refractivity contribution in [2.75, 3.05) is 13.3 Å². The lowest BCUT2D eigenvalue weighted by Gasteiger charge is -2.26. The average Bonchev–Trinajstić information content (AvgIpc) is 3.08. The smallest absolute Gasteiger partial charge is 0.237 e. The third-order valence-corrected chi connectivity index (χ3v) is 4.49. The summed E-state index contributed by atoms with van der Waals surface area (Å²) in [5, 5.41) is 2.97. The minimum absolute atomic E-state index is 0. The number of ether oxygens (including phenoxy) is 2. The summed E-state index contributed by atoms with van der Waals surface area (Å²) in [6.45, 7) is 4.90. The van der Waals surface area contributed by atoms with Gasteiger partial charge in [0, 0.05) is 12.0 Å². The van der Waals surface area contributed by atoms with Gasteiger partial charge in [0.2, 0.25) is 12.7 Å². The van der Waals surface area contributed by atoms with Gasteiger partial charge in [0.05, 0.1) is 6.04 Å². The van der Waals surface area contributed by atoms with Gasteiger partial charge in [-0.3, -0.25) is 4.79 Å². The Balaban J connectivity index is 0.00000243. The highest BCUT2D eigenvalue weighted by molar-refractivity contribution is 5.85. The molecule has 1 aliphatic rings. The van der Waals surface area contributed by atoms with E-state index in [4.69, 9.17) is 15.2 Å². The van der Waals surface area contributed by atoms with Crippen LogP contribution in [0.25, 0.3) is 0 Å². The lowest BCUT2D eigenvalue weighted by atomic mass is 9.84. The van der Waals surface area contributed by atoms with Gasteiger partial charge >= 0.3 is 0 Å². The van der Waals surface area contributed by atoms with Crippen LogP contribution in [0.5, 0.6) is 11.5 Å². The van der Waals surface area contributed by atoms with Gasteiger partial charge in [-0.25, -0.2) is 0 Å². The Kier molecular flexibility index (Phi) is 6.51. The Hall–Kier alpha value is -2.24. The number of benzene rings is 2. The predicted molar refractivity (Wildman–Crippen MR) is 104 cm³/mol. The highest BCUT2D eigenvalue weighted by atomic mass is 35.5. The molecule has 6 heteroatoms. The van der Waals surface area contributed by atoms with Crippen molar-refractivity contribution in [3.63, 3.8) is 0 Å². The van der Waals surface area contributed by atoms with Crippen molar-refractivity contribution >= 4 is 18.3 Å². The molecule has 1 atom stereocenters. The van der Waals surface area contributed by atoms with Crippen LogP contribution in [0.2, 0.25) is 0 Å². The van der Waals surface area contributed by atoms with Crippen LogP contribution in [0.15, 0.2) is 48.5 Å². The highest BCUT2D eigenvalue weighted by Crippen LogP contribution is 2.36. The fourth-order valence-electron chi connectivity index (χ4n) is 2.82. The summed E-state index contributed by atoms with van der Waals surface area (Å²) in [5.41, 5.74) is 7.93. The van der Waals surface area contributed by atoms with E-state index in [0.717, 1.165) is 22.6 Å². The number of hydrogen-bond acceptors (Lipinski definition) is 4. The second kappa shape index (κ2) is 8.43. The molecule has 0 saturated heterocycles. The number of fused-ring (bicyclic) bond motifs is 1. The van der Waals surface area contributed by atoms with Crippen LogP contribution in [-0.4, -0.2) is 25.3 Å². The summed E-state index contributed by atoms with van der Waals surface area (Å²) in [6.07, 6.45) is 0.525. The maximum atomic E-state index is 12.3. The van der Waals surface area contributed by atoms with Crippen molar-refractivity contribution in [2.45, 2.75) is 31.7 Å². The number of carbonyl (C=O) groups excluding carboxylic acids is 1. The molecule has 140 valence electrons. The van der Waals surface area contributed by atoms with Gasteiger partial charge in [-0.2, -0.15) is 0 Å². The first-order chi connectivity index (χ1) is 12.0. The van der Waals surface area contributed by atoms with Gasteiger partial charge in [0.15, 0.2) is 11.5 Å². The lowest BCUT2D eigenvalue weighted by molar-refractivity contribution is -0.122. The summed E-state index contributed by atoms with van der Waals surface area (Å²) in [5.74, 6) is 1.36. The molecule has 0 unspecified atom stereocenters. The van der Waals surface area contributed by atoms with Crippen molar-refractivity contribution in [3.8, 4) is 11.5 Å². The average molecular weight is 377 g/mol. The SMILES string of the molecule is CC(C)(CNC(=O)[C@@H](N)Cc1ccccc1)c1ccc2c(c1)OCO2.Cl. The Morgan fingerprint density at radius 1 is 1.15 bits per heavy atom. The van der Waals surface area contributed by atoms with Gasteiger partial charge in [0.1, 0.15) is 0 Å². The molecule has 0 spiro atoms. The third kappa shape index (κ3) is 4.68. The number of carbonyl (C=O) groups is 1. The van der Waals surface area contributed by atoms with Gasteiger partial charge in [-0.05, 0) is 29.7 Å². The third-order valence-electron chi connectivity index (χ3n) is 4.49. The van der Waals surface area contributed by atoms with E-state index in [1.807, 2.05) is 48.5 Å². The first-order valence-electron chi connectivity index (χ1n) is 8.43. The molecule has 1 aliphatic heterocycles. The molecule has 26 heavy (non-hydrogen) atoms. The first kappa shape index (κ1) is 20.1. The van der Waals surface area contributed by atoms with Crippen LogP contribution in [0.3, 0.4) is 0 Å². The Morgan fingerprint density at radius 2 is 1.85 bits per heavy atom. The van der Waals surface area contributed by atoms with Gasteiger partial charge < -0.3 is 20.5 Å². The number of hydrogen-bond donors (Lipinski definition) is 2. The van der Waals surface area contributed by atoms with Gasteiger partial charge in [-0.15, -0.1) is 12.4 Å². The summed E-state index contributed by atoms with van der Waals surface area (Å²) in [6, 6.07) is 15.1. The van der Waals surface area contributed by atoms with E-state index in [-0.39, 0.29) is 30.5 Å². The monoisotopic (exact) mass is 376 g/mol. The Morgan fingerprint density at radius 3 is 2.58 bits per heavy atom. The van der Waals surface area contributed by atoms with E-state index in [0.29, 0.717) is 13.0 Å². The maximum absolute atomic E-state index is 12.3. The van der Waals surface area contributed by atoms with Crippen LogP contribution in [0.4, 0.5) is 0 Å². The standard InChI is InChI=1S/C20H24N2O3.ClH/c1-20(2,15-8-9-17-18(11-15)25-13-24-17)12-22-19(23)16(21)10-14-6-4-3-5-7-14;/h3-9,11,16H,10,12-13,21H2,1-2H3,(H,22,23);1H/t16-;/m0./s1. The normalized spacial score (nSPS) is 13.7. The molecule has 0 aliphatic carbocycles. The second-order valence-corrected chi connectivity index (χ2v) is 6.97. The van der Waals surface area contributed by atoms with Crippen molar-refractivity contribution in [2.24, 2.45) is 5.73 Å². The summed E-state index contributed by atoms with van der Waals surface area (Å²) < 4.78 is 10.8. The zero-order valence-electron chi connectivity index (χ0n) is 15.0. The minimum Gasteiger partial charge on any atom is -0.454 e. The first-order valence-corrected chi connectivity index (χ1v) is 8.43. The summed E-state index contributed by atoms with van der Waals surface area (Å²) in [4.78, 5) is 12.3. The predicted octanol–water partition coefficient (Wildman–Crippen LogP) is 2.80. The van der Waals surface area contributed by atoms with E-state index in [1.165, 1.54) is 0 Å². The highest BCUT2D eigenvalue weighted by Gasteiger charge is 2.25. The summed E-state index contributed by atoms with van der Waals surface area (Å²) in [7, 11) is 0. The van der Waals surface area contributed by atoms with Crippen molar-refractivity contribution in [1.82, 2.24) is 5.32 Å². The van der Waals surface area contributed by atoms with Crippen LogP contribution in [0, 0.1) is 0 Å². The molecular formula is C20H25ClN2O3. The molecule has 2 aromatic rings. The fourth-order valence-corrected chi connectivity index (χ4v) is 2.82. The molecule has 0 aromatic heterocycles. The molecule has 5 nitrogen and oxygen atoms in total. The largest absolute Gasteiger partial charge is 0.454 e. The number of rotatable bonds is 6. The molecule has 2 aromatic carbocycles. The number of amides is 1. The van der Waals surface area contributed by atoms with Gasteiger partial charge in [0.25, 0.3) is 0 Å². The van der Waals surface area contributed by atoms with Crippen molar-refractivity contribution < 1.29 is 14.3 Å². The van der Waals surface area contributed by atoms with Crippen LogP contribution < -0.4 is 20.5 Å². The number of nitrogens with two attached hydrogens (primary N) is 1. The van der Waals surface area contributed by atoms with E-state index < -0.39 is 6.04 Å². The molecule has 1 amide bonds. The maximum Gasteiger partial charge on any atom is 0.237 e. The molecule has 0 fully saturated rings. The zero-order valence-corrected chi connectivity index (χ0v) is 15.8. The number of halogens is 1. The molecule has 3 N–H and O–H groups in total. The second-order valence-electron chi connectivity index (χ2n) is 6.97. The van der Waals surface area contributed by atoms with E-state index in [2.05, 4.69) is 19.2 Å². The molecule has 0 radical (unpaired) electrons. The van der Waals surface area contributed by atoms with E-state index in [1.54, 1.807) is 0 Å². The Labute approximate surface area is 160 Å². The fraction of sp³-hybridized carbons (Fsp3) is 0.350. The van der Waals surface area contributed by atoms with Crippen molar-refractivity contribution in [1.29, 1.82) is 0 Å². The van der Waals surface area contributed by atoms with Crippen LogP contribution >= 0.6 is 12.4 Å². The minimum atomic E-state index is -0.560. The zero-order chi connectivity index (χ0) is 17.9. The molecule has 3 rings (SSSR count). The summed E-state index contributed by atoms with van der Waals surface area (Å²) >= 11 is 0. The molecule has 1 heterocycles. The van der Waals surface area contributed by atoms with Gasteiger partial charge in [-0.1, -0.05) is 50.2 Å².